The van der Waals surface area contributed by atoms with E-state index in [0.29, 0.717) is 6.07 Å². The highest BCUT2D eigenvalue weighted by atomic mass is 19.4. The van der Waals surface area contributed by atoms with Crippen LogP contribution in [0.5, 0.6) is 0 Å². The number of anilines is 1. The molecule has 0 aliphatic heterocycles. The van der Waals surface area contributed by atoms with E-state index in [1.165, 1.54) is 12.2 Å². The number of hydrogen-bond donors (Lipinski definition) is 2. The first-order chi connectivity index (χ1) is 11.0. The van der Waals surface area contributed by atoms with E-state index >= 15 is 0 Å². The van der Waals surface area contributed by atoms with Gasteiger partial charge in [0.05, 0.1) is 17.9 Å². The molecule has 1 aromatic rings. The van der Waals surface area contributed by atoms with Crippen molar-refractivity contribution < 1.29 is 40.7 Å². The van der Waals surface area contributed by atoms with Crippen molar-refractivity contribution in [2.24, 2.45) is 0 Å². The Balaban J connectivity index is 2.94. The summed E-state index contributed by atoms with van der Waals surface area (Å²) in [6, 6.07) is -0.949. The van der Waals surface area contributed by atoms with E-state index in [0.717, 1.165) is 18.2 Å². The normalized spacial score (nSPS) is 13.1. The first-order valence-electron chi connectivity index (χ1n) is 6.44. The molecule has 0 heterocycles. The fourth-order valence-corrected chi connectivity index (χ4v) is 1.63. The highest BCUT2D eigenvalue weighted by Gasteiger charge is 2.47. The molecule has 0 aromatic heterocycles. The van der Waals surface area contributed by atoms with Crippen molar-refractivity contribution in [3.05, 3.63) is 29.8 Å². The molecular weight excluding hydrogens is 346 g/mol. The molecule has 0 aliphatic rings. The largest absolute Gasteiger partial charge is 0.464 e. The molecule has 5 nitrogen and oxygen atoms in total. The summed E-state index contributed by atoms with van der Waals surface area (Å²) >= 11 is 0. The van der Waals surface area contributed by atoms with Crippen molar-refractivity contribution in [2.45, 2.75) is 25.3 Å². The van der Waals surface area contributed by atoms with Gasteiger partial charge in [-0.1, -0.05) is 12.1 Å². The number of esters is 1. The smallest absolute Gasteiger partial charge is 0.419 e. The van der Waals surface area contributed by atoms with Gasteiger partial charge in [0, 0.05) is 0 Å². The van der Waals surface area contributed by atoms with Crippen LogP contribution in [0.4, 0.5) is 36.8 Å². The molecule has 0 unspecified atom stereocenters. The van der Waals surface area contributed by atoms with Gasteiger partial charge in [-0.25, -0.2) is 9.59 Å². The molecule has 11 heteroatoms. The fourth-order valence-electron chi connectivity index (χ4n) is 1.63. The minimum absolute atomic E-state index is 0.369. The van der Waals surface area contributed by atoms with Gasteiger partial charge in [-0.05, 0) is 19.1 Å². The molecule has 0 saturated carbocycles. The lowest BCUT2D eigenvalue weighted by Crippen LogP contribution is -2.52. The summed E-state index contributed by atoms with van der Waals surface area (Å²) in [7, 11) is 0. The third kappa shape index (κ3) is 5.32. The average Bonchev–Trinajstić information content (AvgIpc) is 2.43. The molecule has 2 N–H and O–H groups in total. The second-order valence-electron chi connectivity index (χ2n) is 4.37. The zero-order chi connectivity index (χ0) is 18.5. The number of halogens is 6. The van der Waals surface area contributed by atoms with E-state index in [9.17, 15) is 35.9 Å². The zero-order valence-corrected chi connectivity index (χ0v) is 12.1. The molecule has 0 radical (unpaired) electrons. The van der Waals surface area contributed by atoms with Crippen LogP contribution in [0.1, 0.15) is 12.5 Å². The Labute approximate surface area is 132 Å². The van der Waals surface area contributed by atoms with Crippen molar-refractivity contribution in [3.63, 3.8) is 0 Å². The van der Waals surface area contributed by atoms with Gasteiger partial charge in [-0.3, -0.25) is 0 Å². The quantitative estimate of drug-likeness (QED) is 0.641. The number of carbonyl (C=O) groups excluding carboxylic acids is 2. The molecule has 2 amide bonds. The topological polar surface area (TPSA) is 67.4 Å². The third-order valence-corrected chi connectivity index (χ3v) is 2.61. The summed E-state index contributed by atoms with van der Waals surface area (Å²) < 4.78 is 80.7. The molecule has 134 valence electrons. The second kappa shape index (κ2) is 7.41. The van der Waals surface area contributed by atoms with Gasteiger partial charge in [0.15, 0.2) is 0 Å². The number of alkyl halides is 6. The summed E-state index contributed by atoms with van der Waals surface area (Å²) in [6.45, 7) is 0.886. The maximum absolute atomic E-state index is 12.8. The number of urea groups is 1. The van der Waals surface area contributed by atoms with Crippen molar-refractivity contribution in [3.8, 4) is 0 Å². The second-order valence-corrected chi connectivity index (χ2v) is 4.37. The summed E-state index contributed by atoms with van der Waals surface area (Å²) in [5.74, 6) is -1.77. The van der Waals surface area contributed by atoms with Crippen molar-refractivity contribution in [2.75, 3.05) is 11.9 Å². The SMILES string of the molecule is CCOC(=O)[C@H](NC(=O)Nc1ccccc1C(F)(F)F)C(F)(F)F. The lowest BCUT2D eigenvalue weighted by molar-refractivity contribution is -0.182. The van der Waals surface area contributed by atoms with E-state index < -0.39 is 41.6 Å². The lowest BCUT2D eigenvalue weighted by Gasteiger charge is -2.21. The highest BCUT2D eigenvalue weighted by molar-refractivity contribution is 5.93. The van der Waals surface area contributed by atoms with Crippen LogP contribution in [0.25, 0.3) is 0 Å². The molecule has 0 saturated heterocycles. The van der Waals surface area contributed by atoms with Gasteiger partial charge in [-0.15, -0.1) is 0 Å². The molecule has 0 bridgehead atoms. The zero-order valence-electron chi connectivity index (χ0n) is 12.1. The average molecular weight is 358 g/mol. The molecule has 0 spiro atoms. The predicted octanol–water partition coefficient (Wildman–Crippen LogP) is 3.32. The van der Waals surface area contributed by atoms with Crippen LogP contribution in [0.3, 0.4) is 0 Å². The highest BCUT2D eigenvalue weighted by Crippen LogP contribution is 2.34. The Morgan fingerprint density at radius 1 is 1.12 bits per heavy atom. The summed E-state index contributed by atoms with van der Waals surface area (Å²) in [5, 5.41) is 2.89. The molecule has 1 aromatic carbocycles. The Kier molecular flexibility index (Phi) is 6.04. The van der Waals surface area contributed by atoms with Gasteiger partial charge in [0.1, 0.15) is 0 Å². The molecular formula is C13H12F6N2O3. The standard InChI is InChI=1S/C13H12F6N2O3/c1-2-24-10(22)9(13(17,18)19)21-11(23)20-8-6-4-3-5-7(8)12(14,15)16/h3-6,9H,2H2,1H3,(H2,20,21,23)/t9-/m0/s1. The number of carbonyl (C=O) groups is 2. The molecule has 1 rings (SSSR count). The van der Waals surface area contributed by atoms with Crippen molar-refractivity contribution in [1.29, 1.82) is 0 Å². The minimum Gasteiger partial charge on any atom is -0.464 e. The van der Waals surface area contributed by atoms with E-state index in [-0.39, 0.29) is 6.61 Å². The molecule has 0 aliphatic carbocycles. The van der Waals surface area contributed by atoms with Crippen LogP contribution in [-0.2, 0) is 15.7 Å². The number of nitrogens with one attached hydrogen (secondary N) is 2. The van der Waals surface area contributed by atoms with Crippen LogP contribution >= 0.6 is 0 Å². The van der Waals surface area contributed by atoms with Crippen LogP contribution in [0.15, 0.2) is 24.3 Å². The number of ether oxygens (including phenoxy) is 1. The minimum atomic E-state index is -5.17. The number of para-hydroxylation sites is 1. The Bertz CT molecular complexity index is 600. The number of benzene rings is 1. The predicted molar refractivity (Wildman–Crippen MR) is 70.1 cm³/mol. The first-order valence-corrected chi connectivity index (χ1v) is 6.44. The van der Waals surface area contributed by atoms with Gasteiger partial charge >= 0.3 is 24.4 Å². The first kappa shape index (κ1) is 19.6. The summed E-state index contributed by atoms with van der Waals surface area (Å²) in [5.41, 5.74) is -2.01. The van der Waals surface area contributed by atoms with Crippen LogP contribution in [0, 0.1) is 0 Å². The maximum atomic E-state index is 12.8. The Morgan fingerprint density at radius 2 is 1.71 bits per heavy atom. The Morgan fingerprint density at radius 3 is 2.21 bits per heavy atom. The fraction of sp³-hybridized carbons (Fsp3) is 0.385. The van der Waals surface area contributed by atoms with E-state index in [2.05, 4.69) is 4.74 Å². The van der Waals surface area contributed by atoms with Crippen LogP contribution < -0.4 is 10.6 Å². The van der Waals surface area contributed by atoms with Gasteiger partial charge in [0.2, 0.25) is 6.04 Å². The molecule has 1 atom stereocenters. The van der Waals surface area contributed by atoms with E-state index in [1.807, 2.05) is 0 Å². The molecule has 24 heavy (non-hydrogen) atoms. The summed E-state index contributed by atoms with van der Waals surface area (Å²) in [6.07, 6.45) is -10.00. The van der Waals surface area contributed by atoms with Crippen LogP contribution in [0.2, 0.25) is 0 Å². The van der Waals surface area contributed by atoms with E-state index in [1.54, 1.807) is 5.32 Å². The van der Waals surface area contributed by atoms with Gasteiger partial charge in [-0.2, -0.15) is 26.3 Å². The van der Waals surface area contributed by atoms with E-state index in [4.69, 9.17) is 0 Å². The number of hydrogen-bond acceptors (Lipinski definition) is 3. The summed E-state index contributed by atoms with van der Waals surface area (Å²) in [4.78, 5) is 22.8. The number of rotatable bonds is 4. The van der Waals surface area contributed by atoms with Gasteiger partial charge in [0.25, 0.3) is 0 Å². The lowest BCUT2D eigenvalue weighted by atomic mass is 10.1. The monoisotopic (exact) mass is 358 g/mol. The maximum Gasteiger partial charge on any atom is 0.419 e. The third-order valence-electron chi connectivity index (χ3n) is 2.61. The van der Waals surface area contributed by atoms with Crippen molar-refractivity contribution in [1.82, 2.24) is 5.32 Å². The van der Waals surface area contributed by atoms with Crippen LogP contribution in [-0.4, -0.2) is 30.8 Å². The molecule has 0 fully saturated rings. The number of amides is 2. The van der Waals surface area contributed by atoms with Gasteiger partial charge < -0.3 is 15.4 Å². The van der Waals surface area contributed by atoms with Crippen molar-refractivity contribution >= 4 is 17.7 Å². The Hall–Kier alpha value is -2.46.